The molecule has 1 aromatic heterocycles. The van der Waals surface area contributed by atoms with Crippen LogP contribution in [0.1, 0.15) is 35.0 Å². The Bertz CT molecular complexity index is 786. The van der Waals surface area contributed by atoms with E-state index >= 15 is 0 Å². The first-order valence-electron chi connectivity index (χ1n) is 7.35. The van der Waals surface area contributed by atoms with Crippen molar-refractivity contribution in [2.24, 2.45) is 5.73 Å². The van der Waals surface area contributed by atoms with E-state index in [0.29, 0.717) is 16.1 Å². The number of hydrogen-bond donors (Lipinski definition) is 2. The van der Waals surface area contributed by atoms with E-state index in [1.54, 1.807) is 31.2 Å². The molecule has 2 heterocycles. The van der Waals surface area contributed by atoms with Gasteiger partial charge in [0.1, 0.15) is 5.54 Å². The van der Waals surface area contributed by atoms with E-state index in [9.17, 15) is 9.59 Å². The Labute approximate surface area is 138 Å². The van der Waals surface area contributed by atoms with Gasteiger partial charge in [-0.1, -0.05) is 23.7 Å². The van der Waals surface area contributed by atoms with Crippen LogP contribution in [0.3, 0.4) is 0 Å². The van der Waals surface area contributed by atoms with Crippen LogP contribution in [0.5, 0.6) is 0 Å². The minimum atomic E-state index is -1.35. The van der Waals surface area contributed by atoms with Gasteiger partial charge in [-0.25, -0.2) is 0 Å². The molecule has 2 aromatic rings. The van der Waals surface area contributed by atoms with Gasteiger partial charge in [-0.2, -0.15) is 5.10 Å². The third-order valence-corrected chi connectivity index (χ3v) is 4.47. The highest BCUT2D eigenvalue weighted by Gasteiger charge is 2.36. The lowest BCUT2D eigenvalue weighted by atomic mass is 9.90. The average molecular weight is 333 g/mol. The summed E-state index contributed by atoms with van der Waals surface area (Å²) in [5.41, 5.74) is 6.11. The summed E-state index contributed by atoms with van der Waals surface area (Å²) in [7, 11) is 0. The number of aromatic nitrogens is 2. The molecule has 2 amide bonds. The zero-order valence-corrected chi connectivity index (χ0v) is 13.4. The van der Waals surface area contributed by atoms with Crippen LogP contribution in [0.2, 0.25) is 5.02 Å². The molecule has 1 unspecified atom stereocenters. The first-order valence-corrected chi connectivity index (χ1v) is 7.73. The molecule has 3 N–H and O–H groups in total. The minimum Gasteiger partial charge on any atom is -0.367 e. The fourth-order valence-corrected chi connectivity index (χ4v) is 3.01. The van der Waals surface area contributed by atoms with E-state index in [0.717, 1.165) is 25.1 Å². The molecule has 6 nitrogen and oxygen atoms in total. The zero-order valence-electron chi connectivity index (χ0n) is 12.7. The van der Waals surface area contributed by atoms with Gasteiger partial charge in [-0.15, -0.1) is 0 Å². The van der Waals surface area contributed by atoms with Crippen LogP contribution < -0.4 is 11.1 Å². The monoisotopic (exact) mass is 332 g/mol. The number of primary amides is 1. The lowest BCUT2D eigenvalue weighted by Crippen LogP contribution is -2.52. The maximum atomic E-state index is 12.6. The van der Waals surface area contributed by atoms with E-state index < -0.39 is 11.4 Å². The smallest absolute Gasteiger partial charge is 0.255 e. The lowest BCUT2D eigenvalue weighted by molar-refractivity contribution is -0.123. The van der Waals surface area contributed by atoms with Gasteiger partial charge in [0.25, 0.3) is 5.91 Å². The molecule has 1 atom stereocenters. The Morgan fingerprint density at radius 1 is 1.43 bits per heavy atom. The summed E-state index contributed by atoms with van der Waals surface area (Å²) in [5.74, 6) is -1.02. The maximum absolute atomic E-state index is 12.6. The van der Waals surface area contributed by atoms with Gasteiger partial charge in [0.05, 0.1) is 17.5 Å². The molecule has 0 radical (unpaired) electrons. The van der Waals surface area contributed by atoms with Crippen molar-refractivity contribution in [1.82, 2.24) is 15.1 Å². The van der Waals surface area contributed by atoms with Crippen molar-refractivity contribution >= 4 is 23.4 Å². The predicted molar refractivity (Wildman–Crippen MR) is 86.0 cm³/mol. The largest absolute Gasteiger partial charge is 0.367 e. The summed E-state index contributed by atoms with van der Waals surface area (Å²) < 4.78 is 1.82. The number of rotatable bonds is 4. The number of hydrogen-bond acceptors (Lipinski definition) is 3. The van der Waals surface area contributed by atoms with Gasteiger partial charge in [0.15, 0.2) is 0 Å². The Morgan fingerprint density at radius 2 is 2.22 bits per heavy atom. The number of carbonyl (C=O) groups is 2. The molecule has 0 bridgehead atoms. The van der Waals surface area contributed by atoms with Gasteiger partial charge in [-0.05, 0) is 37.5 Å². The van der Waals surface area contributed by atoms with Crippen molar-refractivity contribution in [2.45, 2.75) is 31.8 Å². The van der Waals surface area contributed by atoms with E-state index in [4.69, 9.17) is 17.3 Å². The summed E-state index contributed by atoms with van der Waals surface area (Å²) >= 11 is 5.99. The van der Waals surface area contributed by atoms with Crippen LogP contribution in [-0.4, -0.2) is 21.6 Å². The minimum absolute atomic E-state index is 0.366. The molecule has 0 spiro atoms. The number of nitrogens with one attached hydrogen (secondary N) is 1. The summed E-state index contributed by atoms with van der Waals surface area (Å²) in [6, 6.07) is 6.73. The number of halogens is 1. The van der Waals surface area contributed by atoms with Crippen molar-refractivity contribution in [3.05, 3.63) is 52.3 Å². The third-order valence-electron chi connectivity index (χ3n) is 4.24. The summed E-state index contributed by atoms with van der Waals surface area (Å²) in [6.07, 6.45) is 3.29. The number of aryl methyl sites for hydroxylation is 1. The molecule has 0 saturated heterocycles. The second-order valence-corrected chi connectivity index (χ2v) is 6.22. The summed E-state index contributed by atoms with van der Waals surface area (Å²) in [5, 5.41) is 7.41. The lowest BCUT2D eigenvalue weighted by Gasteiger charge is -2.28. The SMILES string of the molecule is CC(NC(=O)c1cnn2c1CCC2)(C(N)=O)c1cccc(Cl)c1. The van der Waals surface area contributed by atoms with Crippen molar-refractivity contribution < 1.29 is 9.59 Å². The number of nitrogens with zero attached hydrogens (tertiary/aromatic N) is 2. The highest BCUT2D eigenvalue weighted by atomic mass is 35.5. The molecule has 7 heteroatoms. The van der Waals surface area contributed by atoms with E-state index in [-0.39, 0.29) is 5.91 Å². The molecule has 23 heavy (non-hydrogen) atoms. The maximum Gasteiger partial charge on any atom is 0.255 e. The molecule has 0 saturated carbocycles. The number of nitrogens with two attached hydrogens (primary N) is 1. The molecule has 120 valence electrons. The van der Waals surface area contributed by atoms with Crippen LogP contribution in [0.15, 0.2) is 30.5 Å². The number of carbonyl (C=O) groups excluding carboxylic acids is 2. The van der Waals surface area contributed by atoms with Crippen LogP contribution >= 0.6 is 11.6 Å². The van der Waals surface area contributed by atoms with Crippen LogP contribution in [0.25, 0.3) is 0 Å². The molecular formula is C16H17ClN4O2. The van der Waals surface area contributed by atoms with Crippen molar-refractivity contribution in [1.29, 1.82) is 0 Å². The first-order chi connectivity index (χ1) is 10.9. The quantitative estimate of drug-likeness (QED) is 0.891. The van der Waals surface area contributed by atoms with Crippen molar-refractivity contribution in [3.63, 3.8) is 0 Å². The summed E-state index contributed by atoms with van der Waals surface area (Å²) in [4.78, 5) is 24.7. The number of fused-ring (bicyclic) bond motifs is 1. The highest BCUT2D eigenvalue weighted by molar-refractivity contribution is 6.30. The standard InChI is InChI=1S/C16H17ClN4O2/c1-16(15(18)23,10-4-2-5-11(17)8-10)20-14(22)12-9-19-21-7-3-6-13(12)21/h2,4-5,8-9H,3,6-7H2,1H3,(H2,18,23)(H,20,22). The van der Waals surface area contributed by atoms with Crippen LogP contribution in [-0.2, 0) is 23.3 Å². The molecule has 1 aliphatic heterocycles. The van der Waals surface area contributed by atoms with Gasteiger partial charge in [0.2, 0.25) is 5.91 Å². The van der Waals surface area contributed by atoms with E-state index in [1.807, 2.05) is 4.68 Å². The van der Waals surface area contributed by atoms with Gasteiger partial charge >= 0.3 is 0 Å². The van der Waals surface area contributed by atoms with Crippen LogP contribution in [0.4, 0.5) is 0 Å². The molecule has 1 aliphatic rings. The van der Waals surface area contributed by atoms with Crippen molar-refractivity contribution in [2.75, 3.05) is 0 Å². The Balaban J connectivity index is 1.93. The Hall–Kier alpha value is -2.34. The third kappa shape index (κ3) is 2.70. The molecule has 0 fully saturated rings. The second-order valence-electron chi connectivity index (χ2n) is 5.79. The fraction of sp³-hybridized carbons (Fsp3) is 0.312. The number of amides is 2. The summed E-state index contributed by atoms with van der Waals surface area (Å²) in [6.45, 7) is 2.38. The first kappa shape index (κ1) is 15.6. The zero-order chi connectivity index (χ0) is 16.6. The van der Waals surface area contributed by atoms with E-state index in [1.165, 1.54) is 6.20 Å². The van der Waals surface area contributed by atoms with Gasteiger partial charge < -0.3 is 11.1 Å². The van der Waals surface area contributed by atoms with E-state index in [2.05, 4.69) is 10.4 Å². The molecule has 0 aliphatic carbocycles. The Kier molecular flexibility index (Phi) is 3.85. The van der Waals surface area contributed by atoms with Crippen molar-refractivity contribution in [3.8, 4) is 0 Å². The van der Waals surface area contributed by atoms with Gasteiger partial charge in [0, 0.05) is 11.6 Å². The second kappa shape index (κ2) is 5.70. The van der Waals surface area contributed by atoms with Gasteiger partial charge in [-0.3, -0.25) is 14.3 Å². The number of benzene rings is 1. The normalized spacial score (nSPS) is 15.7. The fourth-order valence-electron chi connectivity index (χ4n) is 2.82. The predicted octanol–water partition coefficient (Wildman–Crippen LogP) is 1.61. The topological polar surface area (TPSA) is 90.0 Å². The molecular weight excluding hydrogens is 316 g/mol. The average Bonchev–Trinajstić information content (AvgIpc) is 3.09. The molecule has 3 rings (SSSR count). The van der Waals surface area contributed by atoms with Crippen LogP contribution in [0, 0.1) is 0 Å². The highest BCUT2D eigenvalue weighted by Crippen LogP contribution is 2.25. The Morgan fingerprint density at radius 3 is 2.91 bits per heavy atom. The molecule has 1 aromatic carbocycles.